The molecule has 32 heavy (non-hydrogen) atoms. The Morgan fingerprint density at radius 2 is 1.56 bits per heavy atom. The molecule has 0 aliphatic rings. The maximum atomic E-state index is 12.7. The molecule has 4 rings (SSSR count). The molecule has 4 aromatic rings. The molecular weight excluding hydrogens is 437 g/mol. The summed E-state index contributed by atoms with van der Waals surface area (Å²) in [5.74, 6) is 1.42. The van der Waals surface area contributed by atoms with Crippen LogP contribution in [0.15, 0.2) is 70.2 Å². The van der Waals surface area contributed by atoms with E-state index in [0.29, 0.717) is 28.2 Å². The van der Waals surface area contributed by atoms with Gasteiger partial charge >= 0.3 is 6.18 Å². The van der Waals surface area contributed by atoms with Crippen LogP contribution in [-0.4, -0.2) is 20.3 Å². The Morgan fingerprint density at radius 1 is 0.875 bits per heavy atom. The summed E-state index contributed by atoms with van der Waals surface area (Å²) in [6.45, 7) is 4.30. The molecule has 0 N–H and O–H groups in total. The number of thioether (sulfide) groups is 1. The van der Waals surface area contributed by atoms with E-state index in [9.17, 15) is 13.2 Å². The molecular formula is C23H19F3N4OS. The molecule has 0 atom stereocenters. The van der Waals surface area contributed by atoms with Crippen LogP contribution >= 0.6 is 11.8 Å². The van der Waals surface area contributed by atoms with Gasteiger partial charge in [-0.2, -0.15) is 18.2 Å². The third kappa shape index (κ3) is 5.16. The van der Waals surface area contributed by atoms with Gasteiger partial charge in [-0.3, -0.25) is 0 Å². The van der Waals surface area contributed by atoms with Crippen molar-refractivity contribution in [1.29, 1.82) is 0 Å². The van der Waals surface area contributed by atoms with Crippen molar-refractivity contribution in [2.75, 3.05) is 0 Å². The number of aromatic nitrogens is 4. The van der Waals surface area contributed by atoms with Gasteiger partial charge in [0.05, 0.1) is 17.0 Å². The van der Waals surface area contributed by atoms with Crippen molar-refractivity contribution in [3.8, 4) is 22.6 Å². The highest BCUT2D eigenvalue weighted by molar-refractivity contribution is 7.98. The third-order valence-corrected chi connectivity index (χ3v) is 5.70. The van der Waals surface area contributed by atoms with E-state index in [1.807, 2.05) is 24.3 Å². The van der Waals surface area contributed by atoms with Gasteiger partial charge in [-0.25, -0.2) is 0 Å². The van der Waals surface area contributed by atoms with Gasteiger partial charge in [0.2, 0.25) is 11.7 Å². The molecule has 2 aromatic heterocycles. The summed E-state index contributed by atoms with van der Waals surface area (Å²) in [4.78, 5) is 4.25. The number of hydrogen-bond acceptors (Lipinski definition) is 6. The van der Waals surface area contributed by atoms with Crippen molar-refractivity contribution in [2.24, 2.45) is 0 Å². The Balaban J connectivity index is 1.37. The average molecular weight is 456 g/mol. The minimum Gasteiger partial charge on any atom is -0.338 e. The molecule has 0 aliphatic heterocycles. The van der Waals surface area contributed by atoms with E-state index < -0.39 is 11.7 Å². The van der Waals surface area contributed by atoms with Crippen molar-refractivity contribution in [2.45, 2.75) is 36.7 Å². The van der Waals surface area contributed by atoms with Crippen LogP contribution in [0.1, 0.15) is 36.8 Å². The highest BCUT2D eigenvalue weighted by Gasteiger charge is 2.30. The number of benzene rings is 2. The Hall–Kier alpha value is -3.20. The predicted octanol–water partition coefficient (Wildman–Crippen LogP) is 6.63. The summed E-state index contributed by atoms with van der Waals surface area (Å²) in [7, 11) is 0. The van der Waals surface area contributed by atoms with Crippen LogP contribution in [0.25, 0.3) is 22.6 Å². The standard InChI is InChI=1S/C23H19F3N4OS/c1-14(2)15-3-5-16(6-4-15)19-11-12-21(29-28-19)32-13-20-27-22(30-31-20)17-7-9-18(10-8-17)23(24,25)26/h3-12,14H,13H2,1-2H3. The highest BCUT2D eigenvalue weighted by atomic mass is 32.2. The molecule has 0 fully saturated rings. The lowest BCUT2D eigenvalue weighted by Gasteiger charge is -2.06. The van der Waals surface area contributed by atoms with Gasteiger partial charge in [0.1, 0.15) is 5.03 Å². The van der Waals surface area contributed by atoms with Crippen LogP contribution in [-0.2, 0) is 11.9 Å². The Kier molecular flexibility index (Phi) is 6.27. The summed E-state index contributed by atoms with van der Waals surface area (Å²) in [6, 6.07) is 16.7. The lowest BCUT2D eigenvalue weighted by molar-refractivity contribution is -0.137. The van der Waals surface area contributed by atoms with Gasteiger partial charge in [-0.15, -0.1) is 10.2 Å². The first-order valence-electron chi connectivity index (χ1n) is 9.86. The maximum Gasteiger partial charge on any atom is 0.416 e. The second-order valence-corrected chi connectivity index (χ2v) is 8.40. The first-order chi connectivity index (χ1) is 15.3. The molecule has 0 radical (unpaired) electrons. The van der Waals surface area contributed by atoms with E-state index in [1.54, 1.807) is 0 Å². The van der Waals surface area contributed by atoms with Gasteiger partial charge in [0, 0.05) is 11.1 Å². The lowest BCUT2D eigenvalue weighted by Crippen LogP contribution is -2.04. The van der Waals surface area contributed by atoms with Crippen LogP contribution in [0.3, 0.4) is 0 Å². The fraction of sp³-hybridized carbons (Fsp3) is 0.217. The summed E-state index contributed by atoms with van der Waals surface area (Å²) in [5, 5.41) is 13.1. The molecule has 9 heteroatoms. The number of rotatable bonds is 6. The first kappa shape index (κ1) is 22.0. The summed E-state index contributed by atoms with van der Waals surface area (Å²) < 4.78 is 43.3. The zero-order valence-electron chi connectivity index (χ0n) is 17.3. The second kappa shape index (κ2) is 9.12. The van der Waals surface area contributed by atoms with Crippen LogP contribution in [0.4, 0.5) is 13.2 Å². The zero-order valence-corrected chi connectivity index (χ0v) is 18.1. The van der Waals surface area contributed by atoms with Crippen LogP contribution in [0, 0.1) is 0 Å². The first-order valence-corrected chi connectivity index (χ1v) is 10.9. The quantitative estimate of drug-likeness (QED) is 0.304. The van der Waals surface area contributed by atoms with Crippen LogP contribution < -0.4 is 0 Å². The molecule has 2 heterocycles. The minimum absolute atomic E-state index is 0.237. The third-order valence-electron chi connectivity index (χ3n) is 4.80. The molecule has 2 aromatic carbocycles. The topological polar surface area (TPSA) is 64.7 Å². The van der Waals surface area contributed by atoms with Crippen molar-refractivity contribution in [1.82, 2.24) is 20.3 Å². The van der Waals surface area contributed by atoms with E-state index in [2.05, 4.69) is 46.3 Å². The smallest absolute Gasteiger partial charge is 0.338 e. The number of alkyl halides is 3. The molecule has 0 spiro atoms. The van der Waals surface area contributed by atoms with Crippen molar-refractivity contribution in [3.05, 3.63) is 77.7 Å². The Morgan fingerprint density at radius 3 is 2.16 bits per heavy atom. The maximum absolute atomic E-state index is 12.7. The van der Waals surface area contributed by atoms with Gasteiger partial charge < -0.3 is 4.52 Å². The molecule has 0 bridgehead atoms. The number of hydrogen-bond donors (Lipinski definition) is 0. The Bertz CT molecular complexity index is 1170. The zero-order chi connectivity index (χ0) is 22.7. The van der Waals surface area contributed by atoms with Gasteiger partial charge in [0.15, 0.2) is 0 Å². The highest BCUT2D eigenvalue weighted by Crippen LogP contribution is 2.31. The van der Waals surface area contributed by atoms with E-state index in [4.69, 9.17) is 4.52 Å². The van der Waals surface area contributed by atoms with E-state index in [0.717, 1.165) is 23.4 Å². The Labute approximate surface area is 187 Å². The monoisotopic (exact) mass is 456 g/mol. The van der Waals surface area contributed by atoms with Gasteiger partial charge in [-0.05, 0) is 35.7 Å². The summed E-state index contributed by atoms with van der Waals surface area (Å²) in [6.07, 6.45) is -4.38. The normalized spacial score (nSPS) is 11.8. The second-order valence-electron chi connectivity index (χ2n) is 7.41. The van der Waals surface area contributed by atoms with Crippen molar-refractivity contribution >= 4 is 11.8 Å². The lowest BCUT2D eigenvalue weighted by atomic mass is 10.0. The molecule has 0 aliphatic carbocycles. The van der Waals surface area contributed by atoms with Gasteiger partial charge in [-0.1, -0.05) is 67.2 Å². The minimum atomic E-state index is -4.38. The fourth-order valence-electron chi connectivity index (χ4n) is 2.96. The fourth-order valence-corrected chi connectivity index (χ4v) is 3.62. The van der Waals surface area contributed by atoms with E-state index in [-0.39, 0.29) is 5.82 Å². The van der Waals surface area contributed by atoms with Crippen molar-refractivity contribution < 1.29 is 17.7 Å². The summed E-state index contributed by atoms with van der Waals surface area (Å²) >= 11 is 1.38. The molecule has 0 saturated carbocycles. The van der Waals surface area contributed by atoms with E-state index in [1.165, 1.54) is 29.5 Å². The molecule has 5 nitrogen and oxygen atoms in total. The van der Waals surface area contributed by atoms with Crippen LogP contribution in [0.5, 0.6) is 0 Å². The molecule has 0 saturated heterocycles. The van der Waals surface area contributed by atoms with Crippen molar-refractivity contribution in [3.63, 3.8) is 0 Å². The molecule has 164 valence electrons. The predicted molar refractivity (Wildman–Crippen MR) is 116 cm³/mol. The largest absolute Gasteiger partial charge is 0.416 e. The number of nitrogens with zero attached hydrogens (tertiary/aromatic N) is 4. The van der Waals surface area contributed by atoms with Crippen LogP contribution in [0.2, 0.25) is 0 Å². The summed E-state index contributed by atoms with van der Waals surface area (Å²) in [5.41, 5.74) is 2.77. The molecule has 0 unspecified atom stereocenters. The SMILES string of the molecule is CC(C)c1ccc(-c2ccc(SCc3nc(-c4ccc(C(F)(F)F)cc4)no3)nn2)cc1. The molecule has 0 amide bonds. The average Bonchev–Trinajstić information content (AvgIpc) is 3.27. The number of halogens is 3. The van der Waals surface area contributed by atoms with E-state index >= 15 is 0 Å². The van der Waals surface area contributed by atoms with Gasteiger partial charge in [0.25, 0.3) is 0 Å².